The molecule has 1 fully saturated rings. The highest BCUT2D eigenvalue weighted by Crippen LogP contribution is 2.36. The topological polar surface area (TPSA) is 55.5 Å². The number of hydrogen-bond acceptors (Lipinski definition) is 4. The third-order valence-corrected chi connectivity index (χ3v) is 6.77. The molecule has 1 saturated heterocycles. The summed E-state index contributed by atoms with van der Waals surface area (Å²) in [5, 5.41) is 0. The van der Waals surface area contributed by atoms with Gasteiger partial charge in [-0.2, -0.15) is 0 Å². The number of rotatable bonds is 3. The number of furan rings is 1. The van der Waals surface area contributed by atoms with Crippen molar-refractivity contribution >= 4 is 17.7 Å². The van der Waals surface area contributed by atoms with Crippen LogP contribution in [0.25, 0.3) is 11.1 Å². The van der Waals surface area contributed by atoms with Gasteiger partial charge in [0.25, 0.3) is 11.5 Å². The largest absolute Gasteiger partial charge is 0.459 e. The van der Waals surface area contributed by atoms with Crippen LogP contribution in [0.4, 0.5) is 0 Å². The number of likely N-dealkylation sites (tertiary alicyclic amines) is 1. The minimum Gasteiger partial charge on any atom is -0.459 e. The van der Waals surface area contributed by atoms with Gasteiger partial charge in [-0.3, -0.25) is 9.59 Å². The molecule has 2 atom stereocenters. The molecule has 2 aliphatic heterocycles. The van der Waals surface area contributed by atoms with Crippen LogP contribution in [-0.4, -0.2) is 34.7 Å². The monoisotopic (exact) mass is 406 g/mol. The summed E-state index contributed by atoms with van der Waals surface area (Å²) < 4.78 is 7.23. The molecule has 0 radical (unpaired) electrons. The molecule has 0 saturated carbocycles. The maximum atomic E-state index is 13.3. The van der Waals surface area contributed by atoms with E-state index in [1.807, 2.05) is 33.9 Å². The Labute approximate surface area is 173 Å². The predicted octanol–water partition coefficient (Wildman–Crippen LogP) is 4.09. The number of nitrogens with zero attached hydrogens (tertiary/aromatic N) is 2. The van der Waals surface area contributed by atoms with Crippen molar-refractivity contribution in [1.29, 1.82) is 0 Å². The van der Waals surface area contributed by atoms with E-state index in [-0.39, 0.29) is 23.3 Å². The molecular weight excluding hydrogens is 384 g/mol. The zero-order valence-corrected chi connectivity index (χ0v) is 17.0. The molecule has 6 heteroatoms. The first kappa shape index (κ1) is 18.3. The number of thioether (sulfide) groups is 1. The van der Waals surface area contributed by atoms with Crippen molar-refractivity contribution in [3.8, 4) is 11.1 Å². The van der Waals surface area contributed by atoms with Crippen LogP contribution in [0.2, 0.25) is 0 Å². The zero-order valence-electron chi connectivity index (χ0n) is 16.2. The molecule has 5 rings (SSSR count). The number of fused-ring (bicyclic) bond motifs is 4. The standard InChI is InChI=1S/C23H22N2O3S/c1-29-18-6-4-16(5-7-18)19-8-9-20-17-11-15(13-25(20)22(19)26)12-24(14-17)23(27)21-3-2-10-28-21/h2-10,15,17H,11-14H2,1H3/t15-,17+/m0/s1. The maximum Gasteiger partial charge on any atom is 0.289 e. The summed E-state index contributed by atoms with van der Waals surface area (Å²) in [6.45, 7) is 1.94. The van der Waals surface area contributed by atoms with Crippen molar-refractivity contribution in [3.63, 3.8) is 0 Å². The summed E-state index contributed by atoms with van der Waals surface area (Å²) in [4.78, 5) is 29.0. The van der Waals surface area contributed by atoms with E-state index in [2.05, 4.69) is 18.2 Å². The van der Waals surface area contributed by atoms with E-state index in [9.17, 15) is 9.59 Å². The van der Waals surface area contributed by atoms with Gasteiger partial charge in [-0.25, -0.2) is 0 Å². The van der Waals surface area contributed by atoms with Gasteiger partial charge in [0, 0.05) is 41.7 Å². The molecule has 29 heavy (non-hydrogen) atoms. The summed E-state index contributed by atoms with van der Waals surface area (Å²) in [5.74, 6) is 0.784. The van der Waals surface area contributed by atoms with E-state index in [1.54, 1.807) is 23.9 Å². The van der Waals surface area contributed by atoms with Crippen LogP contribution in [-0.2, 0) is 6.54 Å². The van der Waals surface area contributed by atoms with Gasteiger partial charge >= 0.3 is 0 Å². The highest BCUT2D eigenvalue weighted by atomic mass is 32.2. The number of amides is 1. The van der Waals surface area contributed by atoms with Gasteiger partial charge in [-0.15, -0.1) is 11.8 Å². The maximum absolute atomic E-state index is 13.3. The minimum absolute atomic E-state index is 0.0639. The first-order valence-electron chi connectivity index (χ1n) is 9.85. The molecule has 2 aromatic heterocycles. The quantitative estimate of drug-likeness (QED) is 0.615. The third-order valence-electron chi connectivity index (χ3n) is 6.02. The molecule has 0 unspecified atom stereocenters. The molecule has 148 valence electrons. The highest BCUT2D eigenvalue weighted by Gasteiger charge is 2.37. The molecular formula is C23H22N2O3S. The molecule has 2 aliphatic rings. The number of pyridine rings is 1. The SMILES string of the molecule is CSc1ccc(-c2ccc3n(c2=O)C[C@H]2C[C@@H]3CN(C(=O)c3ccco3)C2)cc1. The van der Waals surface area contributed by atoms with Crippen LogP contribution in [0, 0.1) is 5.92 Å². The van der Waals surface area contributed by atoms with Crippen molar-refractivity contribution in [2.24, 2.45) is 5.92 Å². The first-order valence-corrected chi connectivity index (χ1v) is 11.1. The van der Waals surface area contributed by atoms with E-state index in [0.717, 1.165) is 23.2 Å². The summed E-state index contributed by atoms with van der Waals surface area (Å²) in [6.07, 6.45) is 4.59. The van der Waals surface area contributed by atoms with Crippen molar-refractivity contribution in [1.82, 2.24) is 9.47 Å². The number of benzene rings is 1. The van der Waals surface area contributed by atoms with Gasteiger partial charge in [-0.1, -0.05) is 12.1 Å². The lowest BCUT2D eigenvalue weighted by molar-refractivity contribution is 0.0564. The lowest BCUT2D eigenvalue weighted by atomic mass is 9.82. The van der Waals surface area contributed by atoms with Crippen LogP contribution in [0.3, 0.4) is 0 Å². The van der Waals surface area contributed by atoms with E-state index >= 15 is 0 Å². The normalized spacial score (nSPS) is 20.4. The van der Waals surface area contributed by atoms with Gasteiger partial charge in [0.05, 0.1) is 6.26 Å². The van der Waals surface area contributed by atoms with Crippen LogP contribution in [0.5, 0.6) is 0 Å². The molecule has 0 N–H and O–H groups in total. The number of aromatic nitrogens is 1. The second-order valence-electron chi connectivity index (χ2n) is 7.80. The Balaban J connectivity index is 1.46. The van der Waals surface area contributed by atoms with E-state index in [0.29, 0.717) is 25.4 Å². The smallest absolute Gasteiger partial charge is 0.289 e. The second kappa shape index (κ2) is 7.26. The molecule has 3 aromatic rings. The van der Waals surface area contributed by atoms with Gasteiger partial charge in [0.2, 0.25) is 0 Å². The Bertz CT molecular complexity index is 1100. The van der Waals surface area contributed by atoms with Crippen molar-refractivity contribution < 1.29 is 9.21 Å². The van der Waals surface area contributed by atoms with Crippen molar-refractivity contribution in [2.75, 3.05) is 19.3 Å². The molecule has 5 nitrogen and oxygen atoms in total. The highest BCUT2D eigenvalue weighted by molar-refractivity contribution is 7.98. The lowest BCUT2D eigenvalue weighted by Gasteiger charge is -2.42. The number of carbonyl (C=O) groups is 1. The molecule has 0 aliphatic carbocycles. The number of hydrogen-bond donors (Lipinski definition) is 0. The molecule has 1 amide bonds. The zero-order chi connectivity index (χ0) is 20.0. The van der Waals surface area contributed by atoms with Crippen LogP contribution < -0.4 is 5.56 Å². The van der Waals surface area contributed by atoms with Gasteiger partial charge in [0.1, 0.15) is 0 Å². The lowest BCUT2D eigenvalue weighted by Crippen LogP contribution is -2.49. The van der Waals surface area contributed by atoms with E-state index < -0.39 is 0 Å². The minimum atomic E-state index is -0.0639. The fourth-order valence-electron chi connectivity index (χ4n) is 4.66. The van der Waals surface area contributed by atoms with Crippen LogP contribution in [0.15, 0.2) is 68.9 Å². The third kappa shape index (κ3) is 3.21. The van der Waals surface area contributed by atoms with Crippen LogP contribution >= 0.6 is 11.8 Å². The van der Waals surface area contributed by atoms with Crippen molar-refractivity contribution in [2.45, 2.75) is 23.8 Å². The fraction of sp³-hybridized carbons (Fsp3) is 0.304. The Morgan fingerprint density at radius 1 is 1.07 bits per heavy atom. The first-order chi connectivity index (χ1) is 14.1. The molecule has 0 spiro atoms. The number of piperidine rings is 1. The summed E-state index contributed by atoms with van der Waals surface area (Å²) in [5.41, 5.74) is 2.80. The van der Waals surface area contributed by atoms with Crippen LogP contribution in [0.1, 0.15) is 28.6 Å². The Morgan fingerprint density at radius 3 is 2.62 bits per heavy atom. The summed E-state index contributed by atoms with van der Waals surface area (Å²) in [6, 6.07) is 15.6. The molecule has 4 heterocycles. The number of carbonyl (C=O) groups excluding carboxylic acids is 1. The van der Waals surface area contributed by atoms with Gasteiger partial charge in [0.15, 0.2) is 5.76 Å². The molecule has 1 aromatic carbocycles. The van der Waals surface area contributed by atoms with Gasteiger partial charge < -0.3 is 13.9 Å². The second-order valence-corrected chi connectivity index (χ2v) is 8.68. The average Bonchev–Trinajstić information content (AvgIpc) is 3.29. The van der Waals surface area contributed by atoms with Crippen molar-refractivity contribution in [3.05, 3.63) is 76.6 Å². The summed E-state index contributed by atoms with van der Waals surface area (Å²) >= 11 is 1.69. The summed E-state index contributed by atoms with van der Waals surface area (Å²) in [7, 11) is 0. The Morgan fingerprint density at radius 2 is 1.90 bits per heavy atom. The van der Waals surface area contributed by atoms with E-state index in [4.69, 9.17) is 4.42 Å². The van der Waals surface area contributed by atoms with Gasteiger partial charge in [-0.05, 0) is 60.6 Å². The Hall–Kier alpha value is -2.73. The Kier molecular flexibility index (Phi) is 4.59. The average molecular weight is 407 g/mol. The molecule has 2 bridgehead atoms. The fourth-order valence-corrected chi connectivity index (χ4v) is 5.07. The predicted molar refractivity (Wildman–Crippen MR) is 113 cm³/mol. The van der Waals surface area contributed by atoms with E-state index in [1.165, 1.54) is 11.2 Å².